The highest BCUT2D eigenvalue weighted by Crippen LogP contribution is 2.16. The maximum Gasteiger partial charge on any atom is 0.274 e. The number of nitrogens with zero attached hydrogens (tertiary/aromatic N) is 2. The Morgan fingerprint density at radius 2 is 2.04 bits per heavy atom. The van der Waals surface area contributed by atoms with Crippen LogP contribution in [0.1, 0.15) is 27.3 Å². The van der Waals surface area contributed by atoms with Crippen LogP contribution in [0.3, 0.4) is 0 Å². The summed E-state index contributed by atoms with van der Waals surface area (Å²) in [6.45, 7) is 1.66. The molecule has 1 atom stereocenters. The third-order valence-electron chi connectivity index (χ3n) is 3.63. The van der Waals surface area contributed by atoms with Gasteiger partial charge in [0.05, 0.1) is 11.3 Å². The van der Waals surface area contributed by atoms with Crippen LogP contribution in [0.15, 0.2) is 42.9 Å². The standard InChI is InChI=1S/C16H17N5O2/c22-15(20-11-5-7-17-9-11)12-3-1-2-4-13(12)21-16(23)14-6-8-18-10-19-14/h1-4,6,8,10-11,17H,5,7,9H2,(H,20,22)(H,21,23). The van der Waals surface area contributed by atoms with E-state index in [1.165, 1.54) is 18.6 Å². The highest BCUT2D eigenvalue weighted by molar-refractivity contribution is 6.08. The molecule has 1 aliphatic heterocycles. The number of hydrogen-bond acceptors (Lipinski definition) is 5. The van der Waals surface area contributed by atoms with E-state index in [-0.39, 0.29) is 23.6 Å². The summed E-state index contributed by atoms with van der Waals surface area (Å²) in [5.41, 5.74) is 1.14. The number of hydrogen-bond donors (Lipinski definition) is 3. The van der Waals surface area contributed by atoms with Crippen LogP contribution in [0, 0.1) is 0 Å². The van der Waals surface area contributed by atoms with Crippen molar-refractivity contribution in [2.24, 2.45) is 0 Å². The molecule has 3 rings (SSSR count). The van der Waals surface area contributed by atoms with E-state index in [4.69, 9.17) is 0 Å². The number of aromatic nitrogens is 2. The topological polar surface area (TPSA) is 96.0 Å². The summed E-state index contributed by atoms with van der Waals surface area (Å²) in [7, 11) is 0. The van der Waals surface area contributed by atoms with Crippen molar-refractivity contribution in [3.05, 3.63) is 54.1 Å². The third kappa shape index (κ3) is 3.70. The molecule has 0 aliphatic carbocycles. The van der Waals surface area contributed by atoms with Gasteiger partial charge in [-0.1, -0.05) is 12.1 Å². The fraction of sp³-hybridized carbons (Fsp3) is 0.250. The Morgan fingerprint density at radius 3 is 2.78 bits per heavy atom. The number of benzene rings is 1. The van der Waals surface area contributed by atoms with Gasteiger partial charge in [0.1, 0.15) is 12.0 Å². The third-order valence-corrected chi connectivity index (χ3v) is 3.63. The van der Waals surface area contributed by atoms with Crippen LogP contribution in [-0.4, -0.2) is 40.9 Å². The molecule has 2 aromatic rings. The van der Waals surface area contributed by atoms with Gasteiger partial charge in [-0.15, -0.1) is 0 Å². The highest BCUT2D eigenvalue weighted by Gasteiger charge is 2.20. The van der Waals surface area contributed by atoms with Gasteiger partial charge in [-0.2, -0.15) is 0 Å². The smallest absolute Gasteiger partial charge is 0.274 e. The SMILES string of the molecule is O=C(Nc1ccccc1C(=O)NC1CCNC1)c1ccncn1. The molecule has 2 heterocycles. The summed E-state index contributed by atoms with van der Waals surface area (Å²) in [5.74, 6) is -0.576. The monoisotopic (exact) mass is 311 g/mol. The van der Waals surface area contributed by atoms with E-state index >= 15 is 0 Å². The molecular weight excluding hydrogens is 294 g/mol. The van der Waals surface area contributed by atoms with Gasteiger partial charge in [0, 0.05) is 18.8 Å². The first-order valence-corrected chi connectivity index (χ1v) is 7.42. The molecule has 2 amide bonds. The quantitative estimate of drug-likeness (QED) is 0.777. The number of rotatable bonds is 4. The second-order valence-corrected chi connectivity index (χ2v) is 5.26. The minimum atomic E-state index is -0.379. The van der Waals surface area contributed by atoms with Gasteiger partial charge in [-0.05, 0) is 31.2 Å². The number of para-hydroxylation sites is 1. The first-order valence-electron chi connectivity index (χ1n) is 7.42. The van der Waals surface area contributed by atoms with Crippen molar-refractivity contribution in [2.45, 2.75) is 12.5 Å². The first-order chi connectivity index (χ1) is 11.2. The highest BCUT2D eigenvalue weighted by atomic mass is 16.2. The summed E-state index contributed by atoms with van der Waals surface area (Å²) in [5, 5.41) is 8.90. The van der Waals surface area contributed by atoms with Crippen molar-refractivity contribution in [3.8, 4) is 0 Å². The number of carbonyl (C=O) groups excluding carboxylic acids is 2. The molecule has 0 spiro atoms. The molecule has 0 saturated carbocycles. The molecule has 1 unspecified atom stereocenters. The number of amides is 2. The van der Waals surface area contributed by atoms with E-state index in [9.17, 15) is 9.59 Å². The van der Waals surface area contributed by atoms with Crippen molar-refractivity contribution in [3.63, 3.8) is 0 Å². The van der Waals surface area contributed by atoms with Gasteiger partial charge >= 0.3 is 0 Å². The normalized spacial score (nSPS) is 16.8. The predicted octanol–water partition coefficient (Wildman–Crippen LogP) is 0.821. The van der Waals surface area contributed by atoms with Crippen LogP contribution in [0.5, 0.6) is 0 Å². The van der Waals surface area contributed by atoms with Gasteiger partial charge in [0.25, 0.3) is 11.8 Å². The zero-order chi connectivity index (χ0) is 16.1. The van der Waals surface area contributed by atoms with Crippen LogP contribution in [-0.2, 0) is 0 Å². The minimum Gasteiger partial charge on any atom is -0.348 e. The fourth-order valence-electron chi connectivity index (χ4n) is 2.44. The summed E-state index contributed by atoms with van der Waals surface area (Å²) in [6.07, 6.45) is 3.70. The van der Waals surface area contributed by atoms with E-state index in [0.29, 0.717) is 11.3 Å². The Labute approximate surface area is 133 Å². The van der Waals surface area contributed by atoms with Crippen molar-refractivity contribution in [1.29, 1.82) is 0 Å². The zero-order valence-corrected chi connectivity index (χ0v) is 12.5. The Bertz CT molecular complexity index is 699. The van der Waals surface area contributed by atoms with E-state index in [2.05, 4.69) is 25.9 Å². The molecule has 1 fully saturated rings. The molecule has 0 bridgehead atoms. The number of anilines is 1. The van der Waals surface area contributed by atoms with E-state index in [0.717, 1.165) is 19.5 Å². The predicted molar refractivity (Wildman–Crippen MR) is 85.2 cm³/mol. The molecule has 118 valence electrons. The second-order valence-electron chi connectivity index (χ2n) is 5.26. The van der Waals surface area contributed by atoms with Gasteiger partial charge in [0.15, 0.2) is 0 Å². The van der Waals surface area contributed by atoms with Crippen molar-refractivity contribution >= 4 is 17.5 Å². The van der Waals surface area contributed by atoms with E-state index in [1.807, 2.05) is 0 Å². The Kier molecular flexibility index (Phi) is 4.58. The number of carbonyl (C=O) groups is 2. The molecule has 0 radical (unpaired) electrons. The molecule has 23 heavy (non-hydrogen) atoms. The van der Waals surface area contributed by atoms with E-state index < -0.39 is 0 Å². The van der Waals surface area contributed by atoms with Crippen LogP contribution in [0.4, 0.5) is 5.69 Å². The molecule has 1 aromatic carbocycles. The largest absolute Gasteiger partial charge is 0.348 e. The van der Waals surface area contributed by atoms with Gasteiger partial charge in [-0.3, -0.25) is 9.59 Å². The molecule has 7 nitrogen and oxygen atoms in total. The molecule has 1 aromatic heterocycles. The second kappa shape index (κ2) is 6.97. The Morgan fingerprint density at radius 1 is 1.17 bits per heavy atom. The zero-order valence-electron chi connectivity index (χ0n) is 12.5. The summed E-state index contributed by atoms with van der Waals surface area (Å²) in [4.78, 5) is 32.3. The van der Waals surface area contributed by atoms with Gasteiger partial charge < -0.3 is 16.0 Å². The lowest BCUT2D eigenvalue weighted by Gasteiger charge is -2.14. The van der Waals surface area contributed by atoms with Crippen LogP contribution >= 0.6 is 0 Å². The Hall–Kier alpha value is -2.80. The number of nitrogens with one attached hydrogen (secondary N) is 3. The summed E-state index contributed by atoms with van der Waals surface area (Å²) >= 11 is 0. The van der Waals surface area contributed by atoms with Crippen molar-refractivity contribution in [2.75, 3.05) is 18.4 Å². The van der Waals surface area contributed by atoms with Crippen LogP contribution in [0.2, 0.25) is 0 Å². The molecule has 1 saturated heterocycles. The van der Waals surface area contributed by atoms with Crippen LogP contribution < -0.4 is 16.0 Å². The molecule has 7 heteroatoms. The first kappa shape index (κ1) is 15.1. The average Bonchev–Trinajstić information content (AvgIpc) is 3.09. The molecule has 1 aliphatic rings. The fourth-order valence-corrected chi connectivity index (χ4v) is 2.44. The van der Waals surface area contributed by atoms with Gasteiger partial charge in [0.2, 0.25) is 0 Å². The maximum absolute atomic E-state index is 12.4. The van der Waals surface area contributed by atoms with Crippen LogP contribution in [0.25, 0.3) is 0 Å². The van der Waals surface area contributed by atoms with E-state index in [1.54, 1.807) is 24.3 Å². The average molecular weight is 311 g/mol. The van der Waals surface area contributed by atoms with Crippen molar-refractivity contribution < 1.29 is 9.59 Å². The molecular formula is C16H17N5O2. The minimum absolute atomic E-state index is 0.119. The summed E-state index contributed by atoms with van der Waals surface area (Å²) < 4.78 is 0. The summed E-state index contributed by atoms with van der Waals surface area (Å²) in [6, 6.07) is 8.55. The maximum atomic E-state index is 12.4. The molecule has 3 N–H and O–H groups in total. The lowest BCUT2D eigenvalue weighted by Crippen LogP contribution is -2.36. The Balaban J connectivity index is 1.75. The van der Waals surface area contributed by atoms with Gasteiger partial charge in [-0.25, -0.2) is 9.97 Å². The van der Waals surface area contributed by atoms with Crippen molar-refractivity contribution in [1.82, 2.24) is 20.6 Å². The lowest BCUT2D eigenvalue weighted by atomic mass is 10.1. The lowest BCUT2D eigenvalue weighted by molar-refractivity contribution is 0.0941.